The molecule has 1 heterocycles. The van der Waals surface area contributed by atoms with Gasteiger partial charge in [-0.1, -0.05) is 12.1 Å². The van der Waals surface area contributed by atoms with Gasteiger partial charge in [0.2, 0.25) is 0 Å². The van der Waals surface area contributed by atoms with Gasteiger partial charge in [-0.15, -0.1) is 0 Å². The Labute approximate surface area is 79.1 Å². The molecular weight excluding hydrogens is 160 g/mol. The first-order chi connectivity index (χ1) is 6.18. The molecular formula is C11H16N2. The van der Waals surface area contributed by atoms with Crippen molar-refractivity contribution in [2.75, 3.05) is 11.9 Å². The maximum Gasteiger partial charge on any atom is 0.0406 e. The number of fused-ring (bicyclic) bond motifs is 1. The fraction of sp³-hybridized carbons (Fsp3) is 0.455. The van der Waals surface area contributed by atoms with Crippen molar-refractivity contribution in [1.29, 1.82) is 0 Å². The summed E-state index contributed by atoms with van der Waals surface area (Å²) < 4.78 is 0. The largest absolute Gasteiger partial charge is 0.383 e. The van der Waals surface area contributed by atoms with Gasteiger partial charge in [0, 0.05) is 18.3 Å². The summed E-state index contributed by atoms with van der Waals surface area (Å²) in [5.41, 5.74) is 11.3. The zero-order chi connectivity index (χ0) is 9.42. The third-order valence-corrected chi connectivity index (χ3v) is 2.76. The van der Waals surface area contributed by atoms with Crippen molar-refractivity contribution in [3.05, 3.63) is 28.8 Å². The van der Waals surface area contributed by atoms with Crippen LogP contribution in [0.2, 0.25) is 0 Å². The van der Waals surface area contributed by atoms with Crippen LogP contribution in [0.4, 0.5) is 5.69 Å². The molecule has 1 aromatic rings. The highest BCUT2D eigenvalue weighted by molar-refractivity contribution is 5.61. The molecule has 0 radical (unpaired) electrons. The van der Waals surface area contributed by atoms with Crippen LogP contribution in [0.5, 0.6) is 0 Å². The van der Waals surface area contributed by atoms with Crippen LogP contribution in [-0.4, -0.2) is 12.6 Å². The van der Waals surface area contributed by atoms with Gasteiger partial charge in [-0.25, -0.2) is 0 Å². The lowest BCUT2D eigenvalue weighted by atomic mass is 9.93. The maximum atomic E-state index is 5.91. The molecule has 0 spiro atoms. The summed E-state index contributed by atoms with van der Waals surface area (Å²) >= 11 is 0. The molecule has 13 heavy (non-hydrogen) atoms. The molecule has 1 aliphatic rings. The summed E-state index contributed by atoms with van der Waals surface area (Å²) in [6, 6.07) is 4.61. The van der Waals surface area contributed by atoms with Gasteiger partial charge in [-0.3, -0.25) is 0 Å². The van der Waals surface area contributed by atoms with Gasteiger partial charge in [0.15, 0.2) is 0 Å². The highest BCUT2D eigenvalue weighted by Gasteiger charge is 2.17. The molecule has 0 amide bonds. The minimum atomic E-state index is 0.271. The Morgan fingerprint density at radius 3 is 2.77 bits per heavy atom. The van der Waals surface area contributed by atoms with Gasteiger partial charge >= 0.3 is 0 Å². The summed E-state index contributed by atoms with van der Waals surface area (Å²) in [5.74, 6) is 0. The summed E-state index contributed by atoms with van der Waals surface area (Å²) in [6.45, 7) is 5.19. The molecule has 0 aromatic heterocycles. The molecule has 0 bridgehead atoms. The van der Waals surface area contributed by atoms with E-state index in [1.807, 2.05) is 0 Å². The van der Waals surface area contributed by atoms with Gasteiger partial charge in [-0.2, -0.15) is 0 Å². The summed E-state index contributed by atoms with van der Waals surface area (Å²) in [5, 5.41) is 3.40. The number of nitrogens with one attached hydrogen (secondary N) is 1. The Bertz CT molecular complexity index is 331. The van der Waals surface area contributed by atoms with E-state index in [-0.39, 0.29) is 6.04 Å². The number of nitrogens with two attached hydrogens (primary N) is 1. The fourth-order valence-electron chi connectivity index (χ4n) is 1.95. The van der Waals surface area contributed by atoms with E-state index in [9.17, 15) is 0 Å². The summed E-state index contributed by atoms with van der Waals surface area (Å²) in [4.78, 5) is 0. The van der Waals surface area contributed by atoms with E-state index in [0.29, 0.717) is 0 Å². The smallest absolute Gasteiger partial charge is 0.0406 e. The fourth-order valence-corrected chi connectivity index (χ4v) is 1.95. The van der Waals surface area contributed by atoms with Crippen LogP contribution in [0.25, 0.3) is 0 Å². The predicted molar refractivity (Wildman–Crippen MR) is 56.1 cm³/mol. The third kappa shape index (κ3) is 1.42. The molecule has 3 N–H and O–H groups in total. The Hall–Kier alpha value is -1.02. The van der Waals surface area contributed by atoms with Crippen LogP contribution >= 0.6 is 0 Å². The number of hydrogen-bond donors (Lipinski definition) is 2. The van der Waals surface area contributed by atoms with Crippen LogP contribution in [0.3, 0.4) is 0 Å². The SMILES string of the molecule is Cc1ccc(C)c2c1CC(N)CN2. The van der Waals surface area contributed by atoms with Crippen LogP contribution < -0.4 is 11.1 Å². The molecule has 2 rings (SSSR count). The van der Waals surface area contributed by atoms with Crippen LogP contribution in [0.15, 0.2) is 12.1 Å². The van der Waals surface area contributed by atoms with Crippen LogP contribution in [0, 0.1) is 13.8 Å². The number of hydrogen-bond acceptors (Lipinski definition) is 2. The van der Waals surface area contributed by atoms with Crippen LogP contribution in [-0.2, 0) is 6.42 Å². The Kier molecular flexibility index (Phi) is 2.00. The van der Waals surface area contributed by atoms with E-state index in [4.69, 9.17) is 5.73 Å². The molecule has 2 heteroatoms. The normalized spacial score (nSPS) is 20.7. The minimum absolute atomic E-state index is 0.271. The molecule has 1 aromatic carbocycles. The first kappa shape index (κ1) is 8.57. The van der Waals surface area contributed by atoms with E-state index in [1.54, 1.807) is 0 Å². The van der Waals surface area contributed by atoms with Gasteiger partial charge < -0.3 is 11.1 Å². The molecule has 1 aliphatic heterocycles. The first-order valence-corrected chi connectivity index (χ1v) is 4.77. The molecule has 2 nitrogen and oxygen atoms in total. The minimum Gasteiger partial charge on any atom is -0.383 e. The molecule has 0 aliphatic carbocycles. The monoisotopic (exact) mass is 176 g/mol. The maximum absolute atomic E-state index is 5.91. The molecule has 1 unspecified atom stereocenters. The Morgan fingerprint density at radius 2 is 2.00 bits per heavy atom. The molecule has 0 saturated carbocycles. The average Bonchev–Trinajstić information content (AvgIpc) is 2.12. The lowest BCUT2D eigenvalue weighted by molar-refractivity contribution is 0.675. The molecule has 0 saturated heterocycles. The van der Waals surface area contributed by atoms with Crippen LogP contribution in [0.1, 0.15) is 16.7 Å². The lowest BCUT2D eigenvalue weighted by Crippen LogP contribution is -2.36. The number of rotatable bonds is 0. The molecule has 70 valence electrons. The summed E-state index contributed by atoms with van der Waals surface area (Å²) in [7, 11) is 0. The predicted octanol–water partition coefficient (Wildman–Crippen LogP) is 1.60. The highest BCUT2D eigenvalue weighted by Crippen LogP contribution is 2.27. The number of aryl methyl sites for hydroxylation is 2. The second kappa shape index (κ2) is 3.04. The van der Waals surface area contributed by atoms with Crippen molar-refractivity contribution in [3.63, 3.8) is 0 Å². The average molecular weight is 176 g/mol. The quantitative estimate of drug-likeness (QED) is 0.630. The van der Waals surface area contributed by atoms with Crippen molar-refractivity contribution in [1.82, 2.24) is 0 Å². The number of benzene rings is 1. The van der Waals surface area contributed by atoms with Gasteiger partial charge in [0.25, 0.3) is 0 Å². The lowest BCUT2D eigenvalue weighted by Gasteiger charge is -2.26. The summed E-state index contributed by atoms with van der Waals surface area (Å²) in [6.07, 6.45) is 1.01. The molecule has 1 atom stereocenters. The zero-order valence-corrected chi connectivity index (χ0v) is 8.22. The zero-order valence-electron chi connectivity index (χ0n) is 8.22. The topological polar surface area (TPSA) is 38.0 Å². The van der Waals surface area contributed by atoms with Crippen molar-refractivity contribution >= 4 is 5.69 Å². The van der Waals surface area contributed by atoms with Gasteiger partial charge in [-0.05, 0) is 37.0 Å². The highest BCUT2D eigenvalue weighted by atomic mass is 14.9. The van der Waals surface area contributed by atoms with E-state index in [1.165, 1.54) is 22.4 Å². The number of anilines is 1. The third-order valence-electron chi connectivity index (χ3n) is 2.76. The van der Waals surface area contributed by atoms with Crippen molar-refractivity contribution in [2.45, 2.75) is 26.3 Å². The van der Waals surface area contributed by atoms with E-state index < -0.39 is 0 Å². The van der Waals surface area contributed by atoms with E-state index >= 15 is 0 Å². The van der Waals surface area contributed by atoms with E-state index in [0.717, 1.165) is 13.0 Å². The van der Waals surface area contributed by atoms with Gasteiger partial charge in [0.05, 0.1) is 0 Å². The van der Waals surface area contributed by atoms with E-state index in [2.05, 4.69) is 31.3 Å². The Morgan fingerprint density at radius 1 is 1.31 bits per heavy atom. The standard InChI is InChI=1S/C11H16N2/c1-7-3-4-8(2)11-10(7)5-9(12)6-13-11/h3-4,9,13H,5-6,12H2,1-2H3. The second-order valence-electron chi connectivity index (χ2n) is 3.90. The van der Waals surface area contributed by atoms with Crippen molar-refractivity contribution < 1.29 is 0 Å². The van der Waals surface area contributed by atoms with Crippen molar-refractivity contribution in [2.24, 2.45) is 5.73 Å². The second-order valence-corrected chi connectivity index (χ2v) is 3.90. The Balaban J connectivity index is 2.51. The van der Waals surface area contributed by atoms with Gasteiger partial charge in [0.1, 0.15) is 0 Å². The van der Waals surface area contributed by atoms with Crippen molar-refractivity contribution in [3.8, 4) is 0 Å². The molecule has 0 fully saturated rings. The first-order valence-electron chi connectivity index (χ1n) is 4.77.